The number of carbonyl (C=O) groups is 1. The standard InChI is InChI=1S/C9H9O2/c1-7(10)8-5-3-4-6-9(8)11-2/h3-6H,2H2,1H3. The third-order valence-corrected chi connectivity index (χ3v) is 1.42. The van der Waals surface area contributed by atoms with Crippen LogP contribution in [-0.4, -0.2) is 5.78 Å². The fourth-order valence-electron chi connectivity index (χ4n) is 0.883. The Morgan fingerprint density at radius 3 is 2.55 bits per heavy atom. The normalized spacial score (nSPS) is 9.27. The highest BCUT2D eigenvalue weighted by Crippen LogP contribution is 2.17. The van der Waals surface area contributed by atoms with Crippen LogP contribution in [0.2, 0.25) is 0 Å². The van der Waals surface area contributed by atoms with E-state index in [1.807, 2.05) is 0 Å². The first-order valence-electron chi connectivity index (χ1n) is 3.27. The number of benzene rings is 1. The molecule has 0 saturated carbocycles. The molecular formula is C9H9O2. The summed E-state index contributed by atoms with van der Waals surface area (Å²) in [4.78, 5) is 10.9. The van der Waals surface area contributed by atoms with Crippen molar-refractivity contribution in [3.05, 3.63) is 36.9 Å². The molecule has 2 heteroatoms. The Kier molecular flexibility index (Phi) is 2.26. The Morgan fingerprint density at radius 1 is 1.45 bits per heavy atom. The van der Waals surface area contributed by atoms with E-state index in [1.165, 1.54) is 6.92 Å². The largest absolute Gasteiger partial charge is 0.489 e. The first-order chi connectivity index (χ1) is 5.25. The predicted octanol–water partition coefficient (Wildman–Crippen LogP) is 2.06. The van der Waals surface area contributed by atoms with Crippen molar-refractivity contribution in [2.24, 2.45) is 0 Å². The molecule has 0 unspecified atom stereocenters. The lowest BCUT2D eigenvalue weighted by molar-refractivity contribution is 0.101. The minimum Gasteiger partial charge on any atom is -0.489 e. The lowest BCUT2D eigenvalue weighted by Gasteiger charge is -2.02. The van der Waals surface area contributed by atoms with E-state index in [4.69, 9.17) is 4.74 Å². The topological polar surface area (TPSA) is 26.3 Å². The number of ketones is 1. The van der Waals surface area contributed by atoms with Gasteiger partial charge in [0.1, 0.15) is 12.9 Å². The zero-order chi connectivity index (χ0) is 8.27. The van der Waals surface area contributed by atoms with Gasteiger partial charge in [0.15, 0.2) is 5.78 Å². The van der Waals surface area contributed by atoms with Crippen molar-refractivity contribution < 1.29 is 9.53 Å². The number of hydrogen-bond donors (Lipinski definition) is 0. The van der Waals surface area contributed by atoms with Crippen LogP contribution >= 0.6 is 0 Å². The lowest BCUT2D eigenvalue weighted by Crippen LogP contribution is -1.94. The average Bonchev–Trinajstić information content (AvgIpc) is 2.04. The van der Waals surface area contributed by atoms with E-state index in [0.29, 0.717) is 11.3 Å². The summed E-state index contributed by atoms with van der Waals surface area (Å²) in [6.45, 7) is 1.50. The minimum atomic E-state index is -0.00995. The van der Waals surface area contributed by atoms with Crippen LogP contribution in [0.1, 0.15) is 17.3 Å². The molecule has 0 heterocycles. The SMILES string of the molecule is [CH2]Oc1ccccc1C(C)=O. The van der Waals surface area contributed by atoms with E-state index < -0.39 is 0 Å². The van der Waals surface area contributed by atoms with Gasteiger partial charge in [-0.3, -0.25) is 4.79 Å². The van der Waals surface area contributed by atoms with Gasteiger partial charge in [0, 0.05) is 0 Å². The van der Waals surface area contributed by atoms with Crippen LogP contribution in [0.5, 0.6) is 5.75 Å². The summed E-state index contributed by atoms with van der Waals surface area (Å²) >= 11 is 0. The molecule has 0 saturated heterocycles. The zero-order valence-electron chi connectivity index (χ0n) is 6.33. The molecule has 1 aromatic rings. The van der Waals surface area contributed by atoms with Crippen molar-refractivity contribution in [1.29, 1.82) is 0 Å². The zero-order valence-corrected chi connectivity index (χ0v) is 6.33. The van der Waals surface area contributed by atoms with Crippen LogP contribution in [0.3, 0.4) is 0 Å². The van der Waals surface area contributed by atoms with Gasteiger partial charge in [-0.1, -0.05) is 12.1 Å². The van der Waals surface area contributed by atoms with Crippen molar-refractivity contribution in [3.8, 4) is 5.75 Å². The van der Waals surface area contributed by atoms with E-state index in [0.717, 1.165) is 0 Å². The quantitative estimate of drug-likeness (QED) is 0.601. The first kappa shape index (κ1) is 7.79. The molecule has 57 valence electrons. The van der Waals surface area contributed by atoms with Gasteiger partial charge in [0.05, 0.1) is 5.56 Å². The molecular weight excluding hydrogens is 140 g/mol. The number of hydrogen-bond acceptors (Lipinski definition) is 2. The molecule has 0 fully saturated rings. The van der Waals surface area contributed by atoms with Crippen molar-refractivity contribution in [1.82, 2.24) is 0 Å². The van der Waals surface area contributed by atoms with Crippen molar-refractivity contribution in [3.63, 3.8) is 0 Å². The molecule has 0 aliphatic rings. The Morgan fingerprint density at radius 2 is 2.09 bits per heavy atom. The van der Waals surface area contributed by atoms with E-state index in [9.17, 15) is 4.79 Å². The molecule has 0 atom stereocenters. The van der Waals surface area contributed by atoms with E-state index in [-0.39, 0.29) is 5.78 Å². The lowest BCUT2D eigenvalue weighted by atomic mass is 10.1. The summed E-state index contributed by atoms with van der Waals surface area (Å²) in [5, 5.41) is 0. The summed E-state index contributed by atoms with van der Waals surface area (Å²) < 4.78 is 4.74. The van der Waals surface area contributed by atoms with Crippen LogP contribution in [0.15, 0.2) is 24.3 Å². The smallest absolute Gasteiger partial charge is 0.163 e. The van der Waals surface area contributed by atoms with Gasteiger partial charge in [-0.25, -0.2) is 0 Å². The fourth-order valence-corrected chi connectivity index (χ4v) is 0.883. The van der Waals surface area contributed by atoms with Crippen molar-refractivity contribution >= 4 is 5.78 Å². The maximum atomic E-state index is 10.9. The highest BCUT2D eigenvalue weighted by atomic mass is 16.5. The Hall–Kier alpha value is -1.31. The van der Waals surface area contributed by atoms with Gasteiger partial charge in [0.2, 0.25) is 0 Å². The molecule has 0 N–H and O–H groups in total. The second-order valence-electron chi connectivity index (χ2n) is 2.20. The number of rotatable bonds is 2. The summed E-state index contributed by atoms with van der Waals surface area (Å²) in [6.07, 6.45) is 0. The summed E-state index contributed by atoms with van der Waals surface area (Å²) in [5.74, 6) is 0.518. The maximum Gasteiger partial charge on any atom is 0.163 e. The second kappa shape index (κ2) is 3.19. The Labute approximate surface area is 65.8 Å². The van der Waals surface area contributed by atoms with Gasteiger partial charge in [-0.2, -0.15) is 0 Å². The molecule has 1 aromatic carbocycles. The molecule has 1 rings (SSSR count). The van der Waals surface area contributed by atoms with Gasteiger partial charge >= 0.3 is 0 Å². The van der Waals surface area contributed by atoms with Crippen LogP contribution in [0, 0.1) is 7.11 Å². The molecule has 0 spiro atoms. The molecule has 0 aliphatic carbocycles. The molecule has 11 heavy (non-hydrogen) atoms. The van der Waals surface area contributed by atoms with Crippen LogP contribution in [0.4, 0.5) is 0 Å². The van der Waals surface area contributed by atoms with Crippen LogP contribution in [-0.2, 0) is 0 Å². The summed E-state index contributed by atoms with van der Waals surface area (Å²) in [7, 11) is 3.25. The third kappa shape index (κ3) is 1.58. The third-order valence-electron chi connectivity index (χ3n) is 1.42. The van der Waals surface area contributed by atoms with Crippen molar-refractivity contribution in [2.45, 2.75) is 6.92 Å². The Bertz CT molecular complexity index is 266. The van der Waals surface area contributed by atoms with Gasteiger partial charge < -0.3 is 4.74 Å². The summed E-state index contributed by atoms with van der Waals surface area (Å²) in [6, 6.07) is 7.01. The Balaban J connectivity index is 3.12. The highest BCUT2D eigenvalue weighted by Gasteiger charge is 2.04. The molecule has 0 bridgehead atoms. The molecule has 0 aromatic heterocycles. The molecule has 1 radical (unpaired) electrons. The van der Waals surface area contributed by atoms with Crippen LogP contribution < -0.4 is 4.74 Å². The highest BCUT2D eigenvalue weighted by molar-refractivity contribution is 5.96. The molecule has 0 aliphatic heterocycles. The van der Waals surface area contributed by atoms with Crippen LogP contribution in [0.25, 0.3) is 0 Å². The van der Waals surface area contributed by atoms with Crippen molar-refractivity contribution in [2.75, 3.05) is 0 Å². The first-order valence-corrected chi connectivity index (χ1v) is 3.27. The average molecular weight is 149 g/mol. The maximum absolute atomic E-state index is 10.9. The monoisotopic (exact) mass is 149 g/mol. The summed E-state index contributed by atoms with van der Waals surface area (Å²) in [5.41, 5.74) is 0.572. The van der Waals surface area contributed by atoms with Gasteiger partial charge in [0.25, 0.3) is 0 Å². The van der Waals surface area contributed by atoms with E-state index in [2.05, 4.69) is 7.11 Å². The number of Topliss-reactive ketones (excluding diaryl/α,β-unsaturated/α-hetero) is 1. The fraction of sp³-hybridized carbons (Fsp3) is 0.111. The molecule has 2 nitrogen and oxygen atoms in total. The van der Waals surface area contributed by atoms with Gasteiger partial charge in [-0.05, 0) is 19.1 Å². The van der Waals surface area contributed by atoms with Gasteiger partial charge in [-0.15, -0.1) is 0 Å². The van der Waals surface area contributed by atoms with E-state index in [1.54, 1.807) is 24.3 Å². The minimum absolute atomic E-state index is 0.00995. The second-order valence-corrected chi connectivity index (χ2v) is 2.20. The predicted molar refractivity (Wildman–Crippen MR) is 42.4 cm³/mol. The number of carbonyl (C=O) groups excluding carboxylic acids is 1. The molecule has 0 amide bonds. The number of ether oxygens (including phenoxy) is 1. The van der Waals surface area contributed by atoms with E-state index >= 15 is 0 Å². The number of para-hydroxylation sites is 1.